The fourth-order valence-corrected chi connectivity index (χ4v) is 5.00. The number of amides is 1. The smallest absolute Gasteiger partial charge is 0.295 e. The molecule has 1 aliphatic rings. The van der Waals surface area contributed by atoms with Crippen LogP contribution in [0.2, 0.25) is 0 Å². The second kappa shape index (κ2) is 9.47. The van der Waals surface area contributed by atoms with E-state index in [9.17, 15) is 9.59 Å². The first-order chi connectivity index (χ1) is 17.3. The van der Waals surface area contributed by atoms with Crippen molar-refractivity contribution in [1.82, 2.24) is 0 Å². The van der Waals surface area contributed by atoms with Gasteiger partial charge in [-0.15, -0.1) is 0 Å². The molecule has 1 aliphatic heterocycles. The first kappa shape index (κ1) is 24.1. The third-order valence-electron chi connectivity index (χ3n) is 6.48. The van der Waals surface area contributed by atoms with E-state index in [2.05, 4.69) is 15.9 Å². The van der Waals surface area contributed by atoms with E-state index in [4.69, 9.17) is 13.9 Å². The molecule has 0 saturated carbocycles. The zero-order valence-electron chi connectivity index (χ0n) is 20.6. The van der Waals surface area contributed by atoms with E-state index in [1.54, 1.807) is 23.1 Å². The van der Waals surface area contributed by atoms with Crippen molar-refractivity contribution in [2.45, 2.75) is 33.7 Å². The summed E-state index contributed by atoms with van der Waals surface area (Å²) in [6, 6.07) is 15.9. The molecule has 2 heterocycles. The Morgan fingerprint density at radius 2 is 1.64 bits per heavy atom. The van der Waals surface area contributed by atoms with Crippen molar-refractivity contribution in [2.75, 3.05) is 18.1 Å². The summed E-state index contributed by atoms with van der Waals surface area (Å²) in [7, 11) is 0. The van der Waals surface area contributed by atoms with Crippen LogP contribution in [-0.2, 0) is 0 Å². The van der Waals surface area contributed by atoms with Crippen LogP contribution in [0.5, 0.6) is 11.5 Å². The maximum atomic E-state index is 13.9. The Hall–Kier alpha value is -3.58. The van der Waals surface area contributed by atoms with E-state index in [1.165, 1.54) is 0 Å². The van der Waals surface area contributed by atoms with Gasteiger partial charge in [-0.05, 0) is 86.8 Å². The lowest BCUT2D eigenvalue weighted by Crippen LogP contribution is -2.29. The Bertz CT molecular complexity index is 1560. The Morgan fingerprint density at radius 1 is 0.889 bits per heavy atom. The van der Waals surface area contributed by atoms with Gasteiger partial charge in [-0.25, -0.2) is 0 Å². The molecule has 1 unspecified atom stereocenters. The summed E-state index contributed by atoms with van der Waals surface area (Å²) in [6.45, 7) is 8.77. The summed E-state index contributed by atoms with van der Waals surface area (Å²) >= 11 is 3.44. The lowest BCUT2D eigenvalue weighted by atomic mass is 9.97. The quantitative estimate of drug-likeness (QED) is 0.268. The van der Waals surface area contributed by atoms with Gasteiger partial charge in [-0.2, -0.15) is 0 Å². The van der Waals surface area contributed by atoms with Gasteiger partial charge in [0, 0.05) is 10.2 Å². The normalized spacial score (nSPS) is 14.9. The van der Waals surface area contributed by atoms with Gasteiger partial charge in [-0.3, -0.25) is 14.5 Å². The van der Waals surface area contributed by atoms with Gasteiger partial charge in [0.2, 0.25) is 5.76 Å². The molecule has 5 rings (SSSR count). The maximum Gasteiger partial charge on any atom is 0.295 e. The van der Waals surface area contributed by atoms with E-state index in [0.29, 0.717) is 46.9 Å². The number of anilines is 1. The molecule has 4 aromatic rings. The SMILES string of the molecule is CCOc1ccc(C2c3c(oc4ccc(Br)cc4c3=O)C(=O)N2c2ccc(C)c(C)c2)cc1OCC. The number of ether oxygens (including phenoxy) is 2. The maximum absolute atomic E-state index is 13.9. The van der Waals surface area contributed by atoms with Crippen LogP contribution in [-0.4, -0.2) is 19.1 Å². The molecule has 0 N–H and O–H groups in total. The number of fused-ring (bicyclic) bond motifs is 2. The van der Waals surface area contributed by atoms with E-state index in [-0.39, 0.29) is 17.1 Å². The van der Waals surface area contributed by atoms with Gasteiger partial charge < -0.3 is 13.9 Å². The zero-order valence-corrected chi connectivity index (χ0v) is 22.1. The van der Waals surface area contributed by atoms with Crippen molar-refractivity contribution in [3.8, 4) is 11.5 Å². The van der Waals surface area contributed by atoms with Crippen LogP contribution < -0.4 is 19.8 Å². The van der Waals surface area contributed by atoms with Crippen molar-refractivity contribution in [2.24, 2.45) is 0 Å². The number of rotatable bonds is 6. The van der Waals surface area contributed by atoms with Gasteiger partial charge in [-0.1, -0.05) is 28.1 Å². The number of aryl methyl sites for hydroxylation is 2. The highest BCUT2D eigenvalue weighted by Gasteiger charge is 2.44. The third kappa shape index (κ3) is 3.97. The number of hydrogen-bond donors (Lipinski definition) is 0. The van der Waals surface area contributed by atoms with Gasteiger partial charge in [0.1, 0.15) is 5.58 Å². The van der Waals surface area contributed by atoms with Gasteiger partial charge in [0.15, 0.2) is 16.9 Å². The number of carbonyl (C=O) groups excluding carboxylic acids is 1. The Balaban J connectivity index is 1.79. The topological polar surface area (TPSA) is 69.0 Å². The molecule has 0 aliphatic carbocycles. The van der Waals surface area contributed by atoms with Crippen LogP contribution in [0.15, 0.2) is 68.3 Å². The second-order valence-electron chi connectivity index (χ2n) is 8.73. The average molecular weight is 548 g/mol. The minimum absolute atomic E-state index is 0.0601. The summed E-state index contributed by atoms with van der Waals surface area (Å²) in [4.78, 5) is 29.4. The molecular weight excluding hydrogens is 522 g/mol. The van der Waals surface area contributed by atoms with Crippen LogP contribution >= 0.6 is 15.9 Å². The van der Waals surface area contributed by atoms with E-state index >= 15 is 0 Å². The number of benzene rings is 3. The largest absolute Gasteiger partial charge is 0.490 e. The average Bonchev–Trinajstić information content (AvgIpc) is 3.15. The highest BCUT2D eigenvalue weighted by molar-refractivity contribution is 9.10. The van der Waals surface area contributed by atoms with Crippen LogP contribution in [0.3, 0.4) is 0 Å². The van der Waals surface area contributed by atoms with Crippen molar-refractivity contribution >= 4 is 38.5 Å². The zero-order chi connectivity index (χ0) is 25.6. The number of carbonyl (C=O) groups is 1. The lowest BCUT2D eigenvalue weighted by molar-refractivity contribution is 0.0971. The Kier molecular flexibility index (Phi) is 6.35. The highest BCUT2D eigenvalue weighted by Crippen LogP contribution is 2.43. The Labute approximate surface area is 217 Å². The molecule has 0 spiro atoms. The summed E-state index contributed by atoms with van der Waals surface area (Å²) in [5, 5.41) is 0.416. The molecule has 3 aromatic carbocycles. The molecule has 0 bridgehead atoms. The molecule has 0 radical (unpaired) electrons. The van der Waals surface area contributed by atoms with Crippen LogP contribution in [0.25, 0.3) is 11.0 Å². The van der Waals surface area contributed by atoms with Crippen LogP contribution in [0.1, 0.15) is 52.7 Å². The highest BCUT2D eigenvalue weighted by atomic mass is 79.9. The van der Waals surface area contributed by atoms with E-state index in [0.717, 1.165) is 21.2 Å². The predicted octanol–water partition coefficient (Wildman–Crippen LogP) is 6.72. The third-order valence-corrected chi connectivity index (χ3v) is 6.98. The molecule has 7 heteroatoms. The van der Waals surface area contributed by atoms with Gasteiger partial charge in [0.25, 0.3) is 5.91 Å². The Morgan fingerprint density at radius 3 is 2.36 bits per heavy atom. The minimum Gasteiger partial charge on any atom is -0.490 e. The monoisotopic (exact) mass is 547 g/mol. The van der Waals surface area contributed by atoms with Gasteiger partial charge in [0.05, 0.1) is 30.2 Å². The predicted molar refractivity (Wildman–Crippen MR) is 144 cm³/mol. The second-order valence-corrected chi connectivity index (χ2v) is 9.65. The summed E-state index contributed by atoms with van der Waals surface area (Å²) in [5.41, 5.74) is 4.04. The number of hydrogen-bond acceptors (Lipinski definition) is 5. The fraction of sp³-hybridized carbons (Fsp3) is 0.241. The molecule has 0 saturated heterocycles. The number of nitrogens with zero attached hydrogens (tertiary/aromatic N) is 1. The first-order valence-corrected chi connectivity index (χ1v) is 12.7. The minimum atomic E-state index is -0.691. The van der Waals surface area contributed by atoms with Crippen molar-refractivity contribution in [1.29, 1.82) is 0 Å². The molecule has 1 aromatic heterocycles. The molecule has 6 nitrogen and oxygen atoms in total. The van der Waals surface area contributed by atoms with Gasteiger partial charge >= 0.3 is 0 Å². The molecule has 1 atom stereocenters. The summed E-state index contributed by atoms with van der Waals surface area (Å²) in [6.07, 6.45) is 0. The van der Waals surface area contributed by atoms with E-state index < -0.39 is 6.04 Å². The molecule has 36 heavy (non-hydrogen) atoms. The molecule has 0 fully saturated rings. The molecule has 184 valence electrons. The summed E-state index contributed by atoms with van der Waals surface area (Å²) < 4.78 is 18.4. The van der Waals surface area contributed by atoms with Crippen LogP contribution in [0, 0.1) is 13.8 Å². The van der Waals surface area contributed by atoms with Crippen molar-refractivity contribution in [3.63, 3.8) is 0 Å². The first-order valence-electron chi connectivity index (χ1n) is 11.9. The van der Waals surface area contributed by atoms with Crippen molar-refractivity contribution < 1.29 is 18.7 Å². The van der Waals surface area contributed by atoms with E-state index in [1.807, 2.05) is 64.1 Å². The lowest BCUT2D eigenvalue weighted by Gasteiger charge is -2.26. The summed E-state index contributed by atoms with van der Waals surface area (Å²) in [5.74, 6) is 0.877. The van der Waals surface area contributed by atoms with Crippen molar-refractivity contribution in [3.05, 3.63) is 97.3 Å². The van der Waals surface area contributed by atoms with Crippen LogP contribution in [0.4, 0.5) is 5.69 Å². The molecular formula is C29H26BrNO5. The number of halogens is 1. The molecule has 1 amide bonds. The fourth-order valence-electron chi connectivity index (χ4n) is 4.64. The standard InChI is InChI=1S/C29H26BrNO5/c1-5-34-23-11-8-18(14-24(23)35-6-2)26-25-27(32)21-15-19(30)9-12-22(21)36-28(25)29(33)31(26)20-10-7-16(3)17(4)13-20/h7-15,26H,5-6H2,1-4H3.